The molecule has 1 aliphatic heterocycles. The quantitative estimate of drug-likeness (QED) is 0.873. The fraction of sp³-hybridized carbons (Fsp3) is 0.462. The van der Waals surface area contributed by atoms with Gasteiger partial charge in [-0.3, -0.25) is 4.79 Å². The van der Waals surface area contributed by atoms with Crippen molar-refractivity contribution in [2.75, 3.05) is 13.1 Å². The summed E-state index contributed by atoms with van der Waals surface area (Å²) in [5, 5.41) is 0.696. The second kappa shape index (κ2) is 5.52. The van der Waals surface area contributed by atoms with E-state index in [9.17, 15) is 4.79 Å². The van der Waals surface area contributed by atoms with Crippen molar-refractivity contribution in [3.05, 3.63) is 34.9 Å². The van der Waals surface area contributed by atoms with Crippen LogP contribution in [0.1, 0.15) is 18.4 Å². The molecule has 1 aromatic carbocycles. The number of nitrogens with zero attached hydrogens (tertiary/aromatic N) is 1. The van der Waals surface area contributed by atoms with E-state index in [0.717, 1.165) is 24.9 Å². The van der Waals surface area contributed by atoms with E-state index >= 15 is 0 Å². The molecule has 1 amide bonds. The lowest BCUT2D eigenvalue weighted by Gasteiger charge is -2.30. The van der Waals surface area contributed by atoms with E-state index in [-0.39, 0.29) is 11.9 Å². The van der Waals surface area contributed by atoms with E-state index in [4.69, 9.17) is 17.3 Å². The van der Waals surface area contributed by atoms with Crippen LogP contribution in [0.2, 0.25) is 5.02 Å². The molecule has 2 rings (SSSR count). The van der Waals surface area contributed by atoms with Crippen LogP contribution in [0.5, 0.6) is 0 Å². The molecule has 4 heteroatoms. The lowest BCUT2D eigenvalue weighted by Crippen LogP contribution is -2.46. The molecule has 1 heterocycles. The van der Waals surface area contributed by atoms with Crippen molar-refractivity contribution >= 4 is 17.5 Å². The summed E-state index contributed by atoms with van der Waals surface area (Å²) in [4.78, 5) is 13.9. The zero-order valence-electron chi connectivity index (χ0n) is 9.73. The number of piperidine rings is 1. The van der Waals surface area contributed by atoms with Gasteiger partial charge in [0.1, 0.15) is 0 Å². The van der Waals surface area contributed by atoms with Gasteiger partial charge in [-0.05, 0) is 30.5 Å². The summed E-state index contributed by atoms with van der Waals surface area (Å²) in [5.41, 5.74) is 6.86. The van der Waals surface area contributed by atoms with Gasteiger partial charge < -0.3 is 10.6 Å². The van der Waals surface area contributed by atoms with Crippen LogP contribution in [0.25, 0.3) is 0 Å². The van der Waals surface area contributed by atoms with Crippen LogP contribution >= 0.6 is 11.6 Å². The molecule has 0 aliphatic carbocycles. The Morgan fingerprint density at radius 1 is 1.41 bits per heavy atom. The van der Waals surface area contributed by atoms with Crippen molar-refractivity contribution in [2.45, 2.75) is 25.3 Å². The third-order valence-corrected chi connectivity index (χ3v) is 3.33. The standard InChI is InChI=1S/C13H17ClN2O/c14-11-5-3-10(4-6-11)8-13(17)16-7-1-2-12(15)9-16/h3-6,12H,1-2,7-9,15H2/t12-/m1/s1. The summed E-state index contributed by atoms with van der Waals surface area (Å²) >= 11 is 5.80. The molecule has 1 aliphatic rings. The third kappa shape index (κ3) is 3.45. The Balaban J connectivity index is 1.94. The molecule has 0 bridgehead atoms. The molecule has 17 heavy (non-hydrogen) atoms. The first-order chi connectivity index (χ1) is 8.15. The Labute approximate surface area is 107 Å². The molecule has 1 aromatic rings. The number of nitrogens with two attached hydrogens (primary N) is 1. The number of rotatable bonds is 2. The van der Waals surface area contributed by atoms with E-state index < -0.39 is 0 Å². The average Bonchev–Trinajstić information content (AvgIpc) is 2.32. The predicted molar refractivity (Wildman–Crippen MR) is 68.9 cm³/mol. The van der Waals surface area contributed by atoms with Crippen molar-refractivity contribution in [3.8, 4) is 0 Å². The van der Waals surface area contributed by atoms with Crippen molar-refractivity contribution in [2.24, 2.45) is 5.73 Å². The third-order valence-electron chi connectivity index (χ3n) is 3.08. The highest BCUT2D eigenvalue weighted by atomic mass is 35.5. The summed E-state index contributed by atoms with van der Waals surface area (Å²) < 4.78 is 0. The summed E-state index contributed by atoms with van der Waals surface area (Å²) in [6.07, 6.45) is 2.46. The number of benzene rings is 1. The molecule has 92 valence electrons. The van der Waals surface area contributed by atoms with Crippen LogP contribution in [0.4, 0.5) is 0 Å². The largest absolute Gasteiger partial charge is 0.341 e. The lowest BCUT2D eigenvalue weighted by molar-refractivity contribution is -0.131. The van der Waals surface area contributed by atoms with E-state index in [0.29, 0.717) is 18.0 Å². The van der Waals surface area contributed by atoms with Crippen molar-refractivity contribution in [1.29, 1.82) is 0 Å². The maximum Gasteiger partial charge on any atom is 0.227 e. The molecule has 1 atom stereocenters. The molecule has 0 spiro atoms. The minimum absolute atomic E-state index is 0.137. The SMILES string of the molecule is N[C@@H]1CCCN(C(=O)Cc2ccc(Cl)cc2)C1. The van der Waals surface area contributed by atoms with Gasteiger partial charge in [-0.15, -0.1) is 0 Å². The summed E-state index contributed by atoms with van der Waals surface area (Å²) in [5.74, 6) is 0.155. The molecule has 2 N–H and O–H groups in total. The van der Waals surface area contributed by atoms with Crippen LogP contribution in [-0.2, 0) is 11.2 Å². The Morgan fingerprint density at radius 2 is 2.12 bits per heavy atom. The highest BCUT2D eigenvalue weighted by molar-refractivity contribution is 6.30. The van der Waals surface area contributed by atoms with Crippen molar-refractivity contribution in [3.63, 3.8) is 0 Å². The molecule has 3 nitrogen and oxygen atoms in total. The van der Waals surface area contributed by atoms with E-state index in [1.54, 1.807) is 0 Å². The molecule has 0 aromatic heterocycles. The lowest BCUT2D eigenvalue weighted by atomic mass is 10.1. The second-order valence-corrected chi connectivity index (χ2v) is 4.98. The number of hydrogen-bond donors (Lipinski definition) is 1. The number of amides is 1. The zero-order valence-corrected chi connectivity index (χ0v) is 10.5. The van der Waals surface area contributed by atoms with E-state index in [1.165, 1.54) is 0 Å². The number of carbonyl (C=O) groups excluding carboxylic acids is 1. The number of halogens is 1. The summed E-state index contributed by atoms with van der Waals surface area (Å²) in [6, 6.07) is 7.55. The highest BCUT2D eigenvalue weighted by Gasteiger charge is 2.20. The normalized spacial score (nSPS) is 20.4. The van der Waals surface area contributed by atoms with Gasteiger partial charge in [0.25, 0.3) is 0 Å². The number of carbonyl (C=O) groups is 1. The molecular weight excluding hydrogens is 236 g/mol. The Kier molecular flexibility index (Phi) is 4.02. The van der Waals surface area contributed by atoms with Crippen LogP contribution in [0.15, 0.2) is 24.3 Å². The molecule has 0 saturated carbocycles. The van der Waals surface area contributed by atoms with Gasteiger partial charge in [-0.25, -0.2) is 0 Å². The van der Waals surface area contributed by atoms with E-state index in [2.05, 4.69) is 0 Å². The first-order valence-electron chi connectivity index (χ1n) is 5.93. The van der Waals surface area contributed by atoms with Gasteiger partial charge in [0.05, 0.1) is 6.42 Å². The predicted octanol–water partition coefficient (Wildman–Crippen LogP) is 1.83. The summed E-state index contributed by atoms with van der Waals surface area (Å²) in [7, 11) is 0. The average molecular weight is 253 g/mol. The Hall–Kier alpha value is -1.06. The smallest absolute Gasteiger partial charge is 0.227 e. The van der Waals surface area contributed by atoms with Gasteiger partial charge in [-0.1, -0.05) is 23.7 Å². The first-order valence-corrected chi connectivity index (χ1v) is 6.31. The number of hydrogen-bond acceptors (Lipinski definition) is 2. The monoisotopic (exact) mass is 252 g/mol. The minimum Gasteiger partial charge on any atom is -0.341 e. The number of likely N-dealkylation sites (tertiary alicyclic amines) is 1. The van der Waals surface area contributed by atoms with Gasteiger partial charge in [0, 0.05) is 24.2 Å². The summed E-state index contributed by atoms with van der Waals surface area (Å²) in [6.45, 7) is 1.52. The van der Waals surface area contributed by atoms with Crippen LogP contribution in [0, 0.1) is 0 Å². The Morgan fingerprint density at radius 3 is 2.76 bits per heavy atom. The fourth-order valence-corrected chi connectivity index (χ4v) is 2.25. The fourth-order valence-electron chi connectivity index (χ4n) is 2.13. The van der Waals surface area contributed by atoms with Crippen molar-refractivity contribution < 1.29 is 4.79 Å². The maximum absolute atomic E-state index is 12.0. The van der Waals surface area contributed by atoms with Gasteiger partial charge >= 0.3 is 0 Å². The molecule has 0 unspecified atom stereocenters. The van der Waals surface area contributed by atoms with E-state index in [1.807, 2.05) is 29.2 Å². The molecular formula is C13H17ClN2O. The van der Waals surface area contributed by atoms with Crippen LogP contribution < -0.4 is 5.73 Å². The van der Waals surface area contributed by atoms with Gasteiger partial charge in [0.2, 0.25) is 5.91 Å². The topological polar surface area (TPSA) is 46.3 Å². The van der Waals surface area contributed by atoms with Crippen LogP contribution in [0.3, 0.4) is 0 Å². The molecule has 1 fully saturated rings. The Bertz CT molecular complexity index is 391. The molecule has 1 saturated heterocycles. The van der Waals surface area contributed by atoms with Crippen LogP contribution in [-0.4, -0.2) is 29.9 Å². The second-order valence-electron chi connectivity index (χ2n) is 4.55. The molecule has 0 radical (unpaired) electrons. The van der Waals surface area contributed by atoms with Gasteiger partial charge in [0.15, 0.2) is 0 Å². The first kappa shape index (κ1) is 12.4. The van der Waals surface area contributed by atoms with Gasteiger partial charge in [-0.2, -0.15) is 0 Å². The zero-order chi connectivity index (χ0) is 12.3. The highest BCUT2D eigenvalue weighted by Crippen LogP contribution is 2.13. The minimum atomic E-state index is 0.137. The van der Waals surface area contributed by atoms with Crippen molar-refractivity contribution in [1.82, 2.24) is 4.90 Å². The maximum atomic E-state index is 12.0.